The first kappa shape index (κ1) is 12.4. The van der Waals surface area contributed by atoms with Gasteiger partial charge in [-0.2, -0.15) is 5.26 Å². The predicted molar refractivity (Wildman–Crippen MR) is 44.0 cm³/mol. The van der Waals surface area contributed by atoms with Crippen molar-refractivity contribution in [2.24, 2.45) is 0 Å². The van der Waals surface area contributed by atoms with Crippen molar-refractivity contribution in [3.63, 3.8) is 0 Å². The normalized spacial score (nSPS) is 9.29. The monoisotopic (exact) mass is 201 g/mol. The summed E-state index contributed by atoms with van der Waals surface area (Å²) in [6.07, 6.45) is -1.32. The molecule has 0 aliphatic heterocycles. The molecule has 0 fully saturated rings. The summed E-state index contributed by atoms with van der Waals surface area (Å²) in [4.78, 5) is 22.0. The zero-order valence-corrected chi connectivity index (χ0v) is 7.98. The third kappa shape index (κ3) is 3.87. The quantitative estimate of drug-likeness (QED) is 0.342. The van der Waals surface area contributed by atoms with Gasteiger partial charge in [-0.3, -0.25) is 0 Å². The van der Waals surface area contributed by atoms with Crippen LogP contribution in [0.2, 0.25) is 0 Å². The van der Waals surface area contributed by atoms with E-state index in [0.717, 1.165) is 14.2 Å². The molecule has 0 aliphatic carbocycles. The fourth-order valence-corrected chi connectivity index (χ4v) is 0.669. The van der Waals surface area contributed by atoms with Crippen LogP contribution in [-0.2, 0) is 23.8 Å². The van der Waals surface area contributed by atoms with Crippen LogP contribution in [0, 0.1) is 11.3 Å². The van der Waals surface area contributed by atoms with Crippen molar-refractivity contribution in [3.05, 3.63) is 0 Å². The van der Waals surface area contributed by atoms with Gasteiger partial charge in [-0.15, -0.1) is 0 Å². The third-order valence-corrected chi connectivity index (χ3v) is 1.33. The van der Waals surface area contributed by atoms with Crippen LogP contribution in [0.3, 0.4) is 0 Å². The van der Waals surface area contributed by atoms with E-state index in [4.69, 9.17) is 10.00 Å². The summed E-state index contributed by atoms with van der Waals surface area (Å²) < 4.78 is 13.5. The Labute approximate surface area is 81.4 Å². The molecule has 0 heterocycles. The number of ether oxygens (including phenoxy) is 3. The summed E-state index contributed by atoms with van der Waals surface area (Å²) in [5.74, 6) is -1.68. The Hall–Kier alpha value is -1.61. The molecule has 0 bridgehead atoms. The molecule has 0 atom stereocenters. The minimum Gasteiger partial charge on any atom is -0.467 e. The van der Waals surface area contributed by atoms with Gasteiger partial charge in [-0.1, -0.05) is 0 Å². The molecule has 0 radical (unpaired) electrons. The minimum absolute atomic E-state index is 0.0225. The van der Waals surface area contributed by atoms with Crippen LogP contribution in [0.1, 0.15) is 6.42 Å². The highest BCUT2D eigenvalue weighted by molar-refractivity contribution is 5.97. The molecule has 0 saturated heterocycles. The molecule has 0 rings (SSSR count). The van der Waals surface area contributed by atoms with Gasteiger partial charge in [0, 0.05) is 0 Å². The van der Waals surface area contributed by atoms with E-state index in [9.17, 15) is 9.59 Å². The Kier molecular flexibility index (Phi) is 6.07. The molecule has 6 nitrogen and oxygen atoms in total. The van der Waals surface area contributed by atoms with Crippen molar-refractivity contribution in [1.29, 1.82) is 5.26 Å². The van der Waals surface area contributed by atoms with Gasteiger partial charge in [0.25, 0.3) is 6.10 Å². The molecule has 14 heavy (non-hydrogen) atoms. The van der Waals surface area contributed by atoms with E-state index in [-0.39, 0.29) is 13.0 Å². The number of esters is 2. The number of carbonyl (C=O) groups excluding carboxylic acids is 2. The zero-order chi connectivity index (χ0) is 11.0. The molecule has 6 heteroatoms. The van der Waals surface area contributed by atoms with E-state index in [1.807, 2.05) is 6.07 Å². The van der Waals surface area contributed by atoms with Gasteiger partial charge < -0.3 is 14.2 Å². The van der Waals surface area contributed by atoms with Gasteiger partial charge in [0.2, 0.25) is 0 Å². The molecule has 0 amide bonds. The third-order valence-electron chi connectivity index (χ3n) is 1.33. The van der Waals surface area contributed by atoms with Gasteiger partial charge in [0.15, 0.2) is 0 Å². The first-order valence-corrected chi connectivity index (χ1v) is 3.81. The number of methoxy groups -OCH3 is 2. The summed E-state index contributed by atoms with van der Waals surface area (Å²) in [6, 6.07) is 1.81. The second kappa shape index (κ2) is 6.86. The van der Waals surface area contributed by atoms with Crippen LogP contribution in [0.5, 0.6) is 0 Å². The molecule has 0 aromatic carbocycles. The Morgan fingerprint density at radius 1 is 1.29 bits per heavy atom. The highest BCUT2D eigenvalue weighted by Crippen LogP contribution is 1.99. The van der Waals surface area contributed by atoms with Crippen molar-refractivity contribution in [2.45, 2.75) is 12.5 Å². The Bertz CT molecular complexity index is 229. The number of carbonyl (C=O) groups is 2. The van der Waals surface area contributed by atoms with Crippen molar-refractivity contribution in [1.82, 2.24) is 0 Å². The maximum Gasteiger partial charge on any atom is 0.346 e. The highest BCUT2D eigenvalue weighted by Gasteiger charge is 2.29. The van der Waals surface area contributed by atoms with Crippen LogP contribution >= 0.6 is 0 Å². The molecule has 0 spiro atoms. The number of hydrogen-bond acceptors (Lipinski definition) is 6. The van der Waals surface area contributed by atoms with Crippen LogP contribution in [-0.4, -0.2) is 38.9 Å². The average molecular weight is 201 g/mol. The molecular formula is C8H11NO5. The summed E-state index contributed by atoms with van der Waals surface area (Å²) in [6.45, 7) is -0.0225. The fourth-order valence-electron chi connectivity index (χ4n) is 0.669. The smallest absolute Gasteiger partial charge is 0.346 e. The van der Waals surface area contributed by atoms with Crippen LogP contribution in [0.4, 0.5) is 0 Å². The first-order valence-electron chi connectivity index (χ1n) is 3.81. The van der Waals surface area contributed by atoms with Crippen LogP contribution in [0.15, 0.2) is 0 Å². The first-order chi connectivity index (χ1) is 6.67. The lowest BCUT2D eigenvalue weighted by molar-refractivity contribution is -0.169. The van der Waals surface area contributed by atoms with Crippen molar-refractivity contribution in [3.8, 4) is 6.07 Å². The molecule has 0 aromatic heterocycles. The minimum atomic E-state index is -1.40. The maximum absolute atomic E-state index is 11.0. The molecule has 0 aliphatic rings. The largest absolute Gasteiger partial charge is 0.467 e. The lowest BCUT2D eigenvalue weighted by Crippen LogP contribution is -2.35. The Morgan fingerprint density at radius 2 is 1.79 bits per heavy atom. The van der Waals surface area contributed by atoms with Gasteiger partial charge in [0.1, 0.15) is 0 Å². The Balaban J connectivity index is 4.19. The van der Waals surface area contributed by atoms with E-state index in [0.29, 0.717) is 0 Å². The summed E-state index contributed by atoms with van der Waals surface area (Å²) in [7, 11) is 2.26. The number of hydrogen-bond donors (Lipinski definition) is 0. The standard InChI is InChI=1S/C8H11NO5/c1-12-7(10)6(8(11)13-2)14-5-3-4-9/h6H,3,5H2,1-2H3. The summed E-state index contributed by atoms with van der Waals surface area (Å²) >= 11 is 0. The zero-order valence-electron chi connectivity index (χ0n) is 7.98. The number of nitriles is 1. The molecule has 78 valence electrons. The highest BCUT2D eigenvalue weighted by atomic mass is 16.6. The topological polar surface area (TPSA) is 85.6 Å². The van der Waals surface area contributed by atoms with Crippen molar-refractivity contribution >= 4 is 11.9 Å². The van der Waals surface area contributed by atoms with E-state index in [1.165, 1.54) is 0 Å². The van der Waals surface area contributed by atoms with E-state index >= 15 is 0 Å². The second-order valence-corrected chi connectivity index (χ2v) is 2.21. The Morgan fingerprint density at radius 3 is 2.14 bits per heavy atom. The van der Waals surface area contributed by atoms with Gasteiger partial charge in [-0.05, 0) is 0 Å². The second-order valence-electron chi connectivity index (χ2n) is 2.21. The average Bonchev–Trinajstić information content (AvgIpc) is 2.22. The predicted octanol–water partition coefficient (Wildman–Crippen LogP) is -0.369. The van der Waals surface area contributed by atoms with Gasteiger partial charge in [0.05, 0.1) is 33.3 Å². The van der Waals surface area contributed by atoms with Crippen LogP contribution in [0.25, 0.3) is 0 Å². The van der Waals surface area contributed by atoms with Crippen molar-refractivity contribution in [2.75, 3.05) is 20.8 Å². The fraction of sp³-hybridized carbons (Fsp3) is 0.625. The molecule has 0 unspecified atom stereocenters. The van der Waals surface area contributed by atoms with Gasteiger partial charge in [-0.25, -0.2) is 9.59 Å². The number of rotatable bonds is 5. The molecule has 0 N–H and O–H groups in total. The summed E-state index contributed by atoms with van der Waals surface area (Å²) in [5, 5.41) is 8.21. The lowest BCUT2D eigenvalue weighted by atomic mass is 10.3. The lowest BCUT2D eigenvalue weighted by Gasteiger charge is -2.11. The number of nitrogens with zero attached hydrogens (tertiary/aromatic N) is 1. The molecule has 0 saturated carbocycles. The van der Waals surface area contributed by atoms with Crippen molar-refractivity contribution < 1.29 is 23.8 Å². The maximum atomic E-state index is 11.0. The van der Waals surface area contributed by atoms with Crippen LogP contribution < -0.4 is 0 Å². The van der Waals surface area contributed by atoms with E-state index < -0.39 is 18.0 Å². The van der Waals surface area contributed by atoms with Gasteiger partial charge >= 0.3 is 11.9 Å². The van der Waals surface area contributed by atoms with E-state index in [1.54, 1.807) is 0 Å². The molecular weight excluding hydrogens is 190 g/mol. The van der Waals surface area contributed by atoms with E-state index in [2.05, 4.69) is 9.47 Å². The molecule has 0 aromatic rings. The SMILES string of the molecule is COC(=O)C(OCCC#N)C(=O)OC. The summed E-state index contributed by atoms with van der Waals surface area (Å²) in [5.41, 5.74) is 0.